The summed E-state index contributed by atoms with van der Waals surface area (Å²) in [6.07, 6.45) is -5.95. The highest BCUT2D eigenvalue weighted by atomic mass is 19.4. The quantitative estimate of drug-likeness (QED) is 0.843. The first kappa shape index (κ1) is 13.4. The molecule has 1 N–H and O–H groups in total. The molecule has 1 atom stereocenters. The first-order valence-corrected chi connectivity index (χ1v) is 5.16. The second kappa shape index (κ2) is 4.60. The van der Waals surface area contributed by atoms with Crippen molar-refractivity contribution in [2.45, 2.75) is 12.3 Å². The molecule has 0 spiro atoms. The van der Waals surface area contributed by atoms with Gasteiger partial charge in [0, 0.05) is 0 Å². The summed E-state index contributed by atoms with van der Waals surface area (Å²) in [5, 5.41) is 2.02. The SMILES string of the molecule is COC1=CNC(C(F)(F)F)N1c1cccc(F)c1F. The average Bonchev–Trinajstić information content (AvgIpc) is 2.76. The molecule has 0 fully saturated rings. The molecule has 104 valence electrons. The Morgan fingerprint density at radius 3 is 2.53 bits per heavy atom. The maximum absolute atomic E-state index is 13.6. The van der Waals surface area contributed by atoms with Gasteiger partial charge in [-0.2, -0.15) is 13.2 Å². The van der Waals surface area contributed by atoms with Gasteiger partial charge in [0.15, 0.2) is 11.6 Å². The summed E-state index contributed by atoms with van der Waals surface area (Å²) in [6, 6.07) is 2.98. The first-order chi connectivity index (χ1) is 8.86. The molecule has 0 saturated carbocycles. The van der Waals surface area contributed by atoms with Crippen LogP contribution in [0.2, 0.25) is 0 Å². The van der Waals surface area contributed by atoms with Crippen LogP contribution in [0, 0.1) is 11.6 Å². The van der Waals surface area contributed by atoms with E-state index in [1.165, 1.54) is 0 Å². The monoisotopic (exact) mass is 280 g/mol. The van der Waals surface area contributed by atoms with Crippen molar-refractivity contribution in [3.63, 3.8) is 0 Å². The maximum atomic E-state index is 13.6. The highest BCUT2D eigenvalue weighted by Crippen LogP contribution is 2.35. The van der Waals surface area contributed by atoms with Gasteiger partial charge < -0.3 is 10.1 Å². The number of hydrogen-bond acceptors (Lipinski definition) is 3. The Balaban J connectivity index is 2.48. The van der Waals surface area contributed by atoms with E-state index >= 15 is 0 Å². The van der Waals surface area contributed by atoms with Crippen LogP contribution in [-0.2, 0) is 4.74 Å². The Kier molecular flexibility index (Phi) is 3.25. The third kappa shape index (κ3) is 2.29. The minimum absolute atomic E-state index is 0.258. The third-order valence-corrected chi connectivity index (χ3v) is 2.57. The second-order valence-corrected chi connectivity index (χ2v) is 3.74. The summed E-state index contributed by atoms with van der Waals surface area (Å²) < 4.78 is 70.0. The number of anilines is 1. The molecule has 8 heteroatoms. The van der Waals surface area contributed by atoms with Gasteiger partial charge in [-0.1, -0.05) is 6.07 Å². The van der Waals surface area contributed by atoms with Crippen molar-refractivity contribution in [1.82, 2.24) is 5.32 Å². The van der Waals surface area contributed by atoms with Crippen molar-refractivity contribution < 1.29 is 26.7 Å². The first-order valence-electron chi connectivity index (χ1n) is 5.16. The Labute approximate surface area is 105 Å². The normalized spacial score (nSPS) is 19.2. The molecule has 0 aliphatic carbocycles. The van der Waals surface area contributed by atoms with Crippen molar-refractivity contribution in [2.75, 3.05) is 12.0 Å². The number of rotatable bonds is 2. The van der Waals surface area contributed by atoms with Gasteiger partial charge in [0.2, 0.25) is 12.0 Å². The molecule has 1 unspecified atom stereocenters. The number of nitrogens with one attached hydrogen (secondary N) is 1. The van der Waals surface area contributed by atoms with Crippen molar-refractivity contribution in [1.29, 1.82) is 0 Å². The fourth-order valence-electron chi connectivity index (χ4n) is 1.76. The average molecular weight is 280 g/mol. The van der Waals surface area contributed by atoms with Gasteiger partial charge in [0.25, 0.3) is 0 Å². The zero-order valence-electron chi connectivity index (χ0n) is 9.63. The maximum Gasteiger partial charge on any atom is 0.427 e. The molecule has 1 aromatic rings. The summed E-state index contributed by atoms with van der Waals surface area (Å²) in [7, 11) is 1.14. The third-order valence-electron chi connectivity index (χ3n) is 2.57. The molecule has 0 amide bonds. The molecular formula is C11H9F5N2O. The number of halogens is 5. The fraction of sp³-hybridized carbons (Fsp3) is 0.273. The summed E-state index contributed by atoms with van der Waals surface area (Å²) >= 11 is 0. The van der Waals surface area contributed by atoms with E-state index in [1.807, 2.05) is 5.32 Å². The smallest absolute Gasteiger partial charge is 0.427 e. The molecule has 1 aromatic carbocycles. The summed E-state index contributed by atoms with van der Waals surface area (Å²) in [5.41, 5.74) is -0.555. The van der Waals surface area contributed by atoms with E-state index in [9.17, 15) is 22.0 Å². The van der Waals surface area contributed by atoms with Gasteiger partial charge in [-0.3, -0.25) is 4.90 Å². The van der Waals surface area contributed by atoms with Gasteiger partial charge in [-0.05, 0) is 12.1 Å². The molecule has 2 rings (SSSR count). The summed E-state index contributed by atoms with van der Waals surface area (Å²) in [5.74, 6) is -2.86. The lowest BCUT2D eigenvalue weighted by Crippen LogP contribution is -2.49. The highest BCUT2D eigenvalue weighted by Gasteiger charge is 2.48. The Morgan fingerprint density at radius 2 is 1.95 bits per heavy atom. The Morgan fingerprint density at radius 1 is 1.26 bits per heavy atom. The minimum atomic E-state index is -4.68. The Bertz CT molecular complexity index is 514. The molecule has 1 aliphatic rings. The molecule has 19 heavy (non-hydrogen) atoms. The van der Waals surface area contributed by atoms with Gasteiger partial charge in [0.1, 0.15) is 0 Å². The molecule has 1 heterocycles. The van der Waals surface area contributed by atoms with E-state index in [0.717, 1.165) is 31.5 Å². The lowest BCUT2D eigenvalue weighted by Gasteiger charge is -2.29. The molecule has 0 saturated heterocycles. The van der Waals surface area contributed by atoms with Gasteiger partial charge in [-0.15, -0.1) is 0 Å². The molecule has 1 aliphatic heterocycles. The lowest BCUT2D eigenvalue weighted by atomic mass is 10.2. The highest BCUT2D eigenvalue weighted by molar-refractivity contribution is 5.55. The molecule has 3 nitrogen and oxygen atoms in total. The predicted molar refractivity (Wildman–Crippen MR) is 56.9 cm³/mol. The zero-order chi connectivity index (χ0) is 14.2. The number of hydrogen-bond donors (Lipinski definition) is 1. The second-order valence-electron chi connectivity index (χ2n) is 3.74. The van der Waals surface area contributed by atoms with Crippen LogP contribution < -0.4 is 10.2 Å². The van der Waals surface area contributed by atoms with E-state index in [2.05, 4.69) is 0 Å². The van der Waals surface area contributed by atoms with Crippen molar-refractivity contribution >= 4 is 5.69 Å². The van der Waals surface area contributed by atoms with E-state index in [4.69, 9.17) is 4.74 Å². The topological polar surface area (TPSA) is 24.5 Å². The van der Waals surface area contributed by atoms with Crippen molar-refractivity contribution in [3.8, 4) is 0 Å². The Hall–Kier alpha value is -1.99. The van der Waals surface area contributed by atoms with Crippen LogP contribution >= 0.6 is 0 Å². The van der Waals surface area contributed by atoms with Gasteiger partial charge >= 0.3 is 6.18 Å². The number of alkyl halides is 3. The van der Waals surface area contributed by atoms with Crippen molar-refractivity contribution in [2.24, 2.45) is 0 Å². The van der Waals surface area contributed by atoms with E-state index in [1.54, 1.807) is 0 Å². The van der Waals surface area contributed by atoms with Gasteiger partial charge in [-0.25, -0.2) is 8.78 Å². The number of methoxy groups -OCH3 is 1. The number of nitrogens with zero attached hydrogens (tertiary/aromatic N) is 1. The van der Waals surface area contributed by atoms with Crippen LogP contribution in [0.25, 0.3) is 0 Å². The van der Waals surface area contributed by atoms with E-state index in [-0.39, 0.29) is 5.88 Å². The summed E-state index contributed by atoms with van der Waals surface area (Å²) in [4.78, 5) is 0.512. The van der Waals surface area contributed by atoms with Crippen molar-refractivity contribution in [3.05, 3.63) is 41.9 Å². The van der Waals surface area contributed by atoms with Gasteiger partial charge in [0.05, 0.1) is 19.0 Å². The molecule has 0 aromatic heterocycles. The standard InChI is InChI=1S/C11H9F5N2O/c1-19-8-5-17-10(11(14,15)16)18(8)7-4-2-3-6(12)9(7)13/h2-5,10,17H,1H3. The van der Waals surface area contributed by atoms with Crippen LogP contribution in [0.4, 0.5) is 27.6 Å². The van der Waals surface area contributed by atoms with E-state index in [0.29, 0.717) is 4.90 Å². The molecule has 0 radical (unpaired) electrons. The minimum Gasteiger partial charge on any atom is -0.481 e. The fourth-order valence-corrected chi connectivity index (χ4v) is 1.76. The van der Waals surface area contributed by atoms with Crippen LogP contribution in [-0.4, -0.2) is 19.5 Å². The number of benzene rings is 1. The lowest BCUT2D eigenvalue weighted by molar-refractivity contribution is -0.151. The van der Waals surface area contributed by atoms with Crippen LogP contribution in [0.5, 0.6) is 0 Å². The summed E-state index contributed by atoms with van der Waals surface area (Å²) in [6.45, 7) is 0. The van der Waals surface area contributed by atoms with Crippen LogP contribution in [0.15, 0.2) is 30.3 Å². The molecule has 0 bridgehead atoms. The zero-order valence-corrected chi connectivity index (χ0v) is 9.63. The van der Waals surface area contributed by atoms with Crippen LogP contribution in [0.3, 0.4) is 0 Å². The van der Waals surface area contributed by atoms with Crippen LogP contribution in [0.1, 0.15) is 0 Å². The molecular weight excluding hydrogens is 271 g/mol. The largest absolute Gasteiger partial charge is 0.481 e. The van der Waals surface area contributed by atoms with E-state index < -0.39 is 29.7 Å². The predicted octanol–water partition coefficient (Wildman–Crippen LogP) is 2.71. The number of ether oxygens (including phenoxy) is 1.